The van der Waals surface area contributed by atoms with E-state index >= 15 is 0 Å². The quantitative estimate of drug-likeness (QED) is 0.787. The minimum absolute atomic E-state index is 0.500. The molecule has 0 saturated carbocycles. The normalized spacial score (nSPS) is 12.7. The van der Waals surface area contributed by atoms with Gasteiger partial charge in [-0.15, -0.1) is 0 Å². The van der Waals surface area contributed by atoms with Crippen molar-refractivity contribution in [2.75, 3.05) is 5.33 Å². The Kier molecular flexibility index (Phi) is 4.23. The minimum atomic E-state index is 0.500. The largest absolute Gasteiger partial charge is 0.272 e. The third-order valence-electron chi connectivity index (χ3n) is 3.29. The highest BCUT2D eigenvalue weighted by molar-refractivity contribution is 9.09. The minimum Gasteiger partial charge on any atom is -0.272 e. The molecule has 1 aromatic carbocycles. The molecule has 0 spiro atoms. The first kappa shape index (κ1) is 13.3. The van der Waals surface area contributed by atoms with E-state index in [-0.39, 0.29) is 0 Å². The van der Waals surface area contributed by atoms with Gasteiger partial charge in [0.1, 0.15) is 0 Å². The standard InChI is InChI=1S/C15H19BrN2/c1-11-4-6-13(7-5-11)14(10-16)9-15-8-12(2)17-18(15)3/h4-8,14H,9-10H2,1-3H3. The molecule has 1 atom stereocenters. The van der Waals surface area contributed by atoms with Gasteiger partial charge in [-0.05, 0) is 37.8 Å². The summed E-state index contributed by atoms with van der Waals surface area (Å²) in [4.78, 5) is 0. The van der Waals surface area contributed by atoms with E-state index < -0.39 is 0 Å². The molecule has 0 aliphatic heterocycles. The molecule has 2 rings (SSSR count). The topological polar surface area (TPSA) is 17.8 Å². The molecule has 3 heteroatoms. The molecule has 0 bridgehead atoms. The predicted molar refractivity (Wildman–Crippen MR) is 79.4 cm³/mol. The Morgan fingerprint density at radius 3 is 2.39 bits per heavy atom. The zero-order valence-corrected chi connectivity index (χ0v) is 12.7. The van der Waals surface area contributed by atoms with Crippen molar-refractivity contribution in [2.24, 2.45) is 7.05 Å². The summed E-state index contributed by atoms with van der Waals surface area (Å²) in [7, 11) is 2.02. The van der Waals surface area contributed by atoms with Crippen LogP contribution in [-0.4, -0.2) is 15.1 Å². The number of rotatable bonds is 4. The van der Waals surface area contributed by atoms with Crippen molar-refractivity contribution >= 4 is 15.9 Å². The van der Waals surface area contributed by atoms with Crippen LogP contribution in [0.15, 0.2) is 30.3 Å². The maximum absolute atomic E-state index is 4.41. The van der Waals surface area contributed by atoms with Crippen molar-refractivity contribution in [1.82, 2.24) is 9.78 Å². The molecule has 0 radical (unpaired) electrons. The van der Waals surface area contributed by atoms with Crippen molar-refractivity contribution in [1.29, 1.82) is 0 Å². The highest BCUT2D eigenvalue weighted by Gasteiger charge is 2.13. The van der Waals surface area contributed by atoms with Crippen LogP contribution in [0.2, 0.25) is 0 Å². The van der Waals surface area contributed by atoms with Crippen LogP contribution < -0.4 is 0 Å². The van der Waals surface area contributed by atoms with Crippen LogP contribution in [0.1, 0.15) is 28.4 Å². The fraction of sp³-hybridized carbons (Fsp3) is 0.400. The summed E-state index contributed by atoms with van der Waals surface area (Å²) in [6.45, 7) is 4.16. The van der Waals surface area contributed by atoms with Gasteiger partial charge in [-0.1, -0.05) is 45.8 Å². The Labute approximate surface area is 117 Å². The van der Waals surface area contributed by atoms with Gasteiger partial charge in [0, 0.05) is 18.1 Å². The highest BCUT2D eigenvalue weighted by Crippen LogP contribution is 2.23. The number of aryl methyl sites for hydroxylation is 3. The van der Waals surface area contributed by atoms with E-state index in [2.05, 4.69) is 58.3 Å². The number of aromatic nitrogens is 2. The average Bonchev–Trinajstić information content (AvgIpc) is 2.66. The summed E-state index contributed by atoms with van der Waals surface area (Å²) in [6.07, 6.45) is 1.02. The van der Waals surface area contributed by atoms with Crippen LogP contribution in [0.4, 0.5) is 0 Å². The van der Waals surface area contributed by atoms with E-state index in [0.717, 1.165) is 17.4 Å². The van der Waals surface area contributed by atoms with Crippen molar-refractivity contribution in [3.05, 3.63) is 52.8 Å². The number of nitrogens with zero attached hydrogens (tertiary/aromatic N) is 2. The molecular weight excluding hydrogens is 288 g/mol. The highest BCUT2D eigenvalue weighted by atomic mass is 79.9. The molecule has 1 heterocycles. The molecule has 0 saturated heterocycles. The zero-order chi connectivity index (χ0) is 13.1. The third-order valence-corrected chi connectivity index (χ3v) is 4.07. The lowest BCUT2D eigenvalue weighted by Gasteiger charge is -2.14. The summed E-state index contributed by atoms with van der Waals surface area (Å²) < 4.78 is 1.99. The first-order chi connectivity index (χ1) is 8.60. The summed E-state index contributed by atoms with van der Waals surface area (Å²) in [6, 6.07) is 11.0. The lowest BCUT2D eigenvalue weighted by Crippen LogP contribution is -2.08. The monoisotopic (exact) mass is 306 g/mol. The van der Waals surface area contributed by atoms with Gasteiger partial charge in [-0.3, -0.25) is 4.68 Å². The molecule has 0 aliphatic carbocycles. The fourth-order valence-corrected chi connectivity index (χ4v) is 2.81. The maximum atomic E-state index is 4.41. The van der Waals surface area contributed by atoms with Crippen LogP contribution in [0.3, 0.4) is 0 Å². The second-order valence-electron chi connectivity index (χ2n) is 4.87. The lowest BCUT2D eigenvalue weighted by molar-refractivity contribution is 0.660. The number of hydrogen-bond acceptors (Lipinski definition) is 1. The number of hydrogen-bond donors (Lipinski definition) is 0. The van der Waals surface area contributed by atoms with Crippen molar-refractivity contribution in [3.8, 4) is 0 Å². The molecular formula is C15H19BrN2. The van der Waals surface area contributed by atoms with Gasteiger partial charge in [0.15, 0.2) is 0 Å². The van der Waals surface area contributed by atoms with E-state index in [1.807, 2.05) is 18.7 Å². The maximum Gasteiger partial charge on any atom is 0.0596 e. The number of halogens is 1. The van der Waals surface area contributed by atoms with Gasteiger partial charge in [0.05, 0.1) is 5.69 Å². The van der Waals surface area contributed by atoms with E-state index in [9.17, 15) is 0 Å². The van der Waals surface area contributed by atoms with Gasteiger partial charge in [-0.25, -0.2) is 0 Å². The molecule has 2 aromatic rings. The first-order valence-corrected chi connectivity index (χ1v) is 7.34. The van der Waals surface area contributed by atoms with Crippen LogP contribution in [-0.2, 0) is 13.5 Å². The van der Waals surface area contributed by atoms with Gasteiger partial charge in [-0.2, -0.15) is 5.10 Å². The molecule has 1 aromatic heterocycles. The first-order valence-electron chi connectivity index (χ1n) is 6.22. The van der Waals surface area contributed by atoms with Crippen LogP contribution in [0, 0.1) is 13.8 Å². The van der Waals surface area contributed by atoms with Crippen molar-refractivity contribution in [3.63, 3.8) is 0 Å². The Morgan fingerprint density at radius 1 is 1.22 bits per heavy atom. The van der Waals surface area contributed by atoms with Gasteiger partial charge in [0.25, 0.3) is 0 Å². The Hall–Kier alpha value is -1.09. The Balaban J connectivity index is 2.19. The molecule has 18 heavy (non-hydrogen) atoms. The lowest BCUT2D eigenvalue weighted by atomic mass is 9.95. The second kappa shape index (κ2) is 5.70. The molecule has 1 unspecified atom stereocenters. The SMILES string of the molecule is Cc1ccc(C(CBr)Cc2cc(C)nn2C)cc1. The van der Waals surface area contributed by atoms with Crippen molar-refractivity contribution in [2.45, 2.75) is 26.2 Å². The summed E-state index contributed by atoms with van der Waals surface area (Å²) >= 11 is 3.63. The predicted octanol–water partition coefficient (Wildman–Crippen LogP) is 3.76. The van der Waals surface area contributed by atoms with E-state index in [1.54, 1.807) is 0 Å². The van der Waals surface area contributed by atoms with Crippen molar-refractivity contribution < 1.29 is 0 Å². The fourth-order valence-electron chi connectivity index (χ4n) is 2.21. The average molecular weight is 307 g/mol. The second-order valence-corrected chi connectivity index (χ2v) is 5.51. The zero-order valence-electron chi connectivity index (χ0n) is 11.2. The molecule has 0 N–H and O–H groups in total. The van der Waals surface area contributed by atoms with E-state index in [1.165, 1.54) is 16.8 Å². The van der Waals surface area contributed by atoms with Gasteiger partial charge in [0.2, 0.25) is 0 Å². The third kappa shape index (κ3) is 3.02. The molecule has 0 fully saturated rings. The molecule has 2 nitrogen and oxygen atoms in total. The number of alkyl halides is 1. The Morgan fingerprint density at radius 2 is 1.89 bits per heavy atom. The molecule has 96 valence electrons. The summed E-state index contributed by atoms with van der Waals surface area (Å²) in [5.74, 6) is 0.500. The summed E-state index contributed by atoms with van der Waals surface area (Å²) in [5, 5.41) is 5.38. The van der Waals surface area contributed by atoms with Crippen LogP contribution in [0.25, 0.3) is 0 Å². The smallest absolute Gasteiger partial charge is 0.0596 e. The molecule has 0 aliphatic rings. The summed E-state index contributed by atoms with van der Waals surface area (Å²) in [5.41, 5.74) is 5.07. The van der Waals surface area contributed by atoms with Gasteiger partial charge >= 0.3 is 0 Å². The Bertz CT molecular complexity index is 514. The van der Waals surface area contributed by atoms with Crippen LogP contribution in [0.5, 0.6) is 0 Å². The van der Waals surface area contributed by atoms with E-state index in [0.29, 0.717) is 5.92 Å². The molecule has 0 amide bonds. The number of benzene rings is 1. The van der Waals surface area contributed by atoms with E-state index in [4.69, 9.17) is 0 Å². The van der Waals surface area contributed by atoms with Gasteiger partial charge < -0.3 is 0 Å². The van der Waals surface area contributed by atoms with Crippen LogP contribution >= 0.6 is 15.9 Å².